The largest absolute Gasteiger partial charge is 0.464 e. The zero-order chi connectivity index (χ0) is 16.0. The molecule has 1 rings (SSSR count). The highest BCUT2D eigenvalue weighted by Crippen LogP contribution is 2.22. The van der Waals surface area contributed by atoms with Crippen LogP contribution >= 0.6 is 0 Å². The van der Waals surface area contributed by atoms with E-state index >= 15 is 0 Å². The number of anilines is 1. The highest BCUT2D eigenvalue weighted by Gasteiger charge is 2.19. The summed E-state index contributed by atoms with van der Waals surface area (Å²) in [5.41, 5.74) is -0.458. The predicted molar refractivity (Wildman–Crippen MR) is 75.0 cm³/mol. The lowest BCUT2D eigenvalue weighted by molar-refractivity contribution is -0.384. The predicted octanol–water partition coefficient (Wildman–Crippen LogP) is 0.623. The highest BCUT2D eigenvalue weighted by atomic mass is 32.2. The Balaban J connectivity index is 2.96. The molecule has 1 aromatic heterocycles. The molecule has 0 unspecified atom stereocenters. The number of esters is 1. The Bertz CT molecular complexity index is 643. The molecular weight excluding hydrogens is 302 g/mol. The highest BCUT2D eigenvalue weighted by molar-refractivity contribution is 7.91. The van der Waals surface area contributed by atoms with Crippen molar-refractivity contribution in [1.29, 1.82) is 0 Å². The zero-order valence-electron chi connectivity index (χ0n) is 11.5. The summed E-state index contributed by atoms with van der Waals surface area (Å²) < 4.78 is 27.2. The summed E-state index contributed by atoms with van der Waals surface area (Å²) in [5, 5.41) is 13.4. The standard InChI is InChI=1S/C11H15N3O6S/c1-3-21(18,19)7-6-12-10-9(14(16)17)5-4-8(13-10)11(15)20-2/h4-5H,3,6-7H2,1-2H3,(H,12,13). The summed E-state index contributed by atoms with van der Waals surface area (Å²) in [6, 6.07) is 2.27. The second-order valence-electron chi connectivity index (χ2n) is 3.98. The lowest BCUT2D eigenvalue weighted by Gasteiger charge is -2.07. The summed E-state index contributed by atoms with van der Waals surface area (Å²) >= 11 is 0. The molecule has 1 aromatic rings. The first-order valence-electron chi connectivity index (χ1n) is 5.98. The third-order valence-corrected chi connectivity index (χ3v) is 4.32. The number of pyridine rings is 1. The minimum absolute atomic E-state index is 0.0214. The SMILES string of the molecule is CCS(=O)(=O)CCNc1nc(C(=O)OC)ccc1[N+](=O)[O-]. The van der Waals surface area contributed by atoms with E-state index < -0.39 is 20.7 Å². The van der Waals surface area contributed by atoms with Crippen molar-refractivity contribution in [2.75, 3.05) is 30.5 Å². The molecule has 0 fully saturated rings. The van der Waals surface area contributed by atoms with Gasteiger partial charge in [0.2, 0.25) is 5.82 Å². The van der Waals surface area contributed by atoms with Gasteiger partial charge in [-0.3, -0.25) is 10.1 Å². The van der Waals surface area contributed by atoms with Crippen molar-refractivity contribution < 1.29 is 22.9 Å². The average molecular weight is 317 g/mol. The Morgan fingerprint density at radius 1 is 1.48 bits per heavy atom. The average Bonchev–Trinajstić information content (AvgIpc) is 2.45. The molecule has 0 aliphatic carbocycles. The molecule has 0 aromatic carbocycles. The van der Waals surface area contributed by atoms with E-state index in [-0.39, 0.29) is 35.2 Å². The van der Waals surface area contributed by atoms with E-state index in [9.17, 15) is 23.3 Å². The van der Waals surface area contributed by atoms with Gasteiger partial charge in [-0.25, -0.2) is 18.2 Å². The molecular formula is C11H15N3O6S. The molecule has 1 N–H and O–H groups in total. The maximum absolute atomic E-state index is 11.4. The monoisotopic (exact) mass is 317 g/mol. The number of carbonyl (C=O) groups excluding carboxylic acids is 1. The van der Waals surface area contributed by atoms with Crippen LogP contribution in [0.25, 0.3) is 0 Å². The fourth-order valence-corrected chi connectivity index (χ4v) is 2.12. The quantitative estimate of drug-likeness (QED) is 0.440. The molecule has 9 nitrogen and oxygen atoms in total. The van der Waals surface area contributed by atoms with Crippen molar-refractivity contribution in [3.63, 3.8) is 0 Å². The lowest BCUT2D eigenvalue weighted by Crippen LogP contribution is -2.18. The number of sulfone groups is 1. The maximum Gasteiger partial charge on any atom is 0.356 e. The summed E-state index contributed by atoms with van der Waals surface area (Å²) in [6.45, 7) is 1.46. The van der Waals surface area contributed by atoms with Gasteiger partial charge in [-0.2, -0.15) is 0 Å². The van der Waals surface area contributed by atoms with Gasteiger partial charge < -0.3 is 10.1 Å². The van der Waals surface area contributed by atoms with Crippen LogP contribution in [-0.2, 0) is 14.6 Å². The Morgan fingerprint density at radius 2 is 2.14 bits per heavy atom. The number of ether oxygens (including phenoxy) is 1. The Kier molecular flexibility index (Phi) is 5.59. The van der Waals surface area contributed by atoms with Crippen LogP contribution in [0.4, 0.5) is 11.5 Å². The van der Waals surface area contributed by atoms with Gasteiger partial charge in [-0.15, -0.1) is 0 Å². The first kappa shape index (κ1) is 16.8. The van der Waals surface area contributed by atoms with E-state index in [0.717, 1.165) is 19.2 Å². The lowest BCUT2D eigenvalue weighted by atomic mass is 10.3. The number of rotatable bonds is 7. The second kappa shape index (κ2) is 6.97. The molecule has 0 atom stereocenters. The van der Waals surface area contributed by atoms with Gasteiger partial charge in [0, 0.05) is 18.4 Å². The molecule has 10 heteroatoms. The third-order valence-electron chi connectivity index (χ3n) is 2.61. The molecule has 0 radical (unpaired) electrons. The minimum atomic E-state index is -3.21. The van der Waals surface area contributed by atoms with Crippen LogP contribution in [0.3, 0.4) is 0 Å². The first-order chi connectivity index (χ1) is 9.80. The van der Waals surface area contributed by atoms with Crippen molar-refractivity contribution in [1.82, 2.24) is 4.98 Å². The van der Waals surface area contributed by atoms with Crippen molar-refractivity contribution in [2.24, 2.45) is 0 Å². The minimum Gasteiger partial charge on any atom is -0.464 e. The number of hydrogen-bond acceptors (Lipinski definition) is 8. The summed E-state index contributed by atoms with van der Waals surface area (Å²) in [6.07, 6.45) is 0. The van der Waals surface area contributed by atoms with E-state index in [2.05, 4.69) is 15.0 Å². The van der Waals surface area contributed by atoms with Gasteiger partial charge in [0.05, 0.1) is 17.8 Å². The van der Waals surface area contributed by atoms with Gasteiger partial charge in [-0.05, 0) is 6.07 Å². The van der Waals surface area contributed by atoms with Crippen LogP contribution in [0.15, 0.2) is 12.1 Å². The summed E-state index contributed by atoms with van der Waals surface area (Å²) in [4.78, 5) is 25.3. The van der Waals surface area contributed by atoms with Crippen LogP contribution in [0, 0.1) is 10.1 Å². The molecule has 0 aliphatic rings. The van der Waals surface area contributed by atoms with E-state index in [0.29, 0.717) is 0 Å². The van der Waals surface area contributed by atoms with Crippen molar-refractivity contribution in [3.8, 4) is 0 Å². The molecule has 0 aliphatic heterocycles. The molecule has 21 heavy (non-hydrogen) atoms. The van der Waals surface area contributed by atoms with Crippen LogP contribution in [0.1, 0.15) is 17.4 Å². The summed E-state index contributed by atoms with van der Waals surface area (Å²) in [7, 11) is -2.05. The first-order valence-corrected chi connectivity index (χ1v) is 7.81. The third kappa shape index (κ3) is 4.67. The number of nitro groups is 1. The van der Waals surface area contributed by atoms with Gasteiger partial charge in [0.15, 0.2) is 15.5 Å². The van der Waals surface area contributed by atoms with Crippen LogP contribution < -0.4 is 5.32 Å². The zero-order valence-corrected chi connectivity index (χ0v) is 12.3. The van der Waals surface area contributed by atoms with E-state index in [1.54, 1.807) is 0 Å². The smallest absolute Gasteiger partial charge is 0.356 e. The number of aromatic nitrogens is 1. The van der Waals surface area contributed by atoms with Crippen molar-refractivity contribution >= 4 is 27.3 Å². The Morgan fingerprint density at radius 3 is 2.67 bits per heavy atom. The number of methoxy groups -OCH3 is 1. The normalized spacial score (nSPS) is 11.0. The van der Waals surface area contributed by atoms with Crippen molar-refractivity contribution in [2.45, 2.75) is 6.92 Å². The van der Waals surface area contributed by atoms with Crippen molar-refractivity contribution in [3.05, 3.63) is 27.9 Å². The molecule has 0 bridgehead atoms. The number of nitrogens with zero attached hydrogens (tertiary/aromatic N) is 2. The van der Waals surface area contributed by atoms with E-state index in [1.807, 2.05) is 0 Å². The Hall–Kier alpha value is -2.23. The molecule has 0 spiro atoms. The molecule has 0 saturated carbocycles. The molecule has 116 valence electrons. The Labute approximate surface area is 121 Å². The van der Waals surface area contributed by atoms with Crippen LogP contribution in [-0.4, -0.2) is 49.5 Å². The number of carbonyl (C=O) groups is 1. The van der Waals surface area contributed by atoms with E-state index in [4.69, 9.17) is 0 Å². The van der Waals surface area contributed by atoms with Crippen LogP contribution in [0.2, 0.25) is 0 Å². The molecule has 0 amide bonds. The van der Waals surface area contributed by atoms with Gasteiger partial charge >= 0.3 is 11.7 Å². The fourth-order valence-electron chi connectivity index (χ4n) is 1.42. The number of nitrogens with one attached hydrogen (secondary N) is 1. The summed E-state index contributed by atoms with van der Waals surface area (Å²) in [5.74, 6) is -1.12. The molecule has 0 saturated heterocycles. The van der Waals surface area contributed by atoms with Crippen LogP contribution in [0.5, 0.6) is 0 Å². The van der Waals surface area contributed by atoms with Gasteiger partial charge in [-0.1, -0.05) is 6.92 Å². The maximum atomic E-state index is 11.4. The second-order valence-corrected chi connectivity index (χ2v) is 6.45. The fraction of sp³-hybridized carbons (Fsp3) is 0.455. The van der Waals surface area contributed by atoms with Gasteiger partial charge in [0.25, 0.3) is 0 Å². The molecule has 1 heterocycles. The van der Waals surface area contributed by atoms with Gasteiger partial charge in [0.1, 0.15) is 0 Å². The van der Waals surface area contributed by atoms with E-state index in [1.165, 1.54) is 6.92 Å². The topological polar surface area (TPSA) is 128 Å². The number of hydrogen-bond donors (Lipinski definition) is 1.